The van der Waals surface area contributed by atoms with Crippen LogP contribution < -0.4 is 10.6 Å². The monoisotopic (exact) mass is 281 g/mol. The van der Waals surface area contributed by atoms with Crippen LogP contribution in [0, 0.1) is 0 Å². The van der Waals surface area contributed by atoms with Crippen molar-refractivity contribution in [2.24, 2.45) is 5.73 Å². The van der Waals surface area contributed by atoms with Gasteiger partial charge < -0.3 is 15.6 Å². The van der Waals surface area contributed by atoms with E-state index in [2.05, 4.69) is 4.98 Å². The maximum absolute atomic E-state index is 12.2. The van der Waals surface area contributed by atoms with Gasteiger partial charge in [0.2, 0.25) is 0 Å². The largest absolute Gasteiger partial charge is 0.443 e. The van der Waals surface area contributed by atoms with Crippen molar-refractivity contribution in [3.8, 4) is 0 Å². The van der Waals surface area contributed by atoms with Crippen LogP contribution in [0.25, 0.3) is 0 Å². The summed E-state index contributed by atoms with van der Waals surface area (Å²) in [5.41, 5.74) is 6.19. The minimum atomic E-state index is -0.670. The average molecular weight is 281 g/mol. The summed E-state index contributed by atoms with van der Waals surface area (Å²) >= 11 is 0. The van der Waals surface area contributed by atoms with Gasteiger partial charge in [0.25, 0.3) is 0 Å². The molecule has 1 aromatic heterocycles. The smallest absolute Gasteiger partial charge is 0.414 e. The highest BCUT2D eigenvalue weighted by Crippen LogP contribution is 2.18. The molecule has 0 radical (unpaired) electrons. The summed E-state index contributed by atoms with van der Waals surface area (Å²) in [5.74, 6) is 0. The number of nitrogens with two attached hydrogens (primary N) is 1. The molecule has 0 bridgehead atoms. The molecule has 1 amide bonds. The second-order valence-electron chi connectivity index (χ2n) is 5.65. The van der Waals surface area contributed by atoms with Crippen LogP contribution in [0.5, 0.6) is 0 Å². The number of aromatic nitrogens is 1. The van der Waals surface area contributed by atoms with Crippen LogP contribution in [0.2, 0.25) is 0 Å². The highest BCUT2D eigenvalue weighted by atomic mass is 16.6. The molecule has 3 N–H and O–H groups in total. The van der Waals surface area contributed by atoms with Gasteiger partial charge in [-0.3, -0.25) is 9.88 Å². The molecule has 1 aromatic rings. The molecule has 0 fully saturated rings. The van der Waals surface area contributed by atoms with E-state index in [4.69, 9.17) is 10.5 Å². The Kier molecular flexibility index (Phi) is 5.47. The van der Waals surface area contributed by atoms with E-state index in [1.807, 2.05) is 0 Å². The number of anilines is 1. The lowest BCUT2D eigenvalue weighted by atomic mass is 10.2. The maximum atomic E-state index is 12.2. The minimum Gasteiger partial charge on any atom is -0.443 e. The summed E-state index contributed by atoms with van der Waals surface area (Å²) in [6, 6.07) is 3.48. The predicted octanol–water partition coefficient (Wildman–Crippen LogP) is 1.66. The topological polar surface area (TPSA) is 88.7 Å². The van der Waals surface area contributed by atoms with Gasteiger partial charge in [-0.2, -0.15) is 0 Å². The van der Waals surface area contributed by atoms with Gasteiger partial charge in [0.15, 0.2) is 0 Å². The summed E-state index contributed by atoms with van der Waals surface area (Å²) in [6.45, 7) is 7.46. The van der Waals surface area contributed by atoms with Crippen molar-refractivity contribution < 1.29 is 14.6 Å². The third kappa shape index (κ3) is 5.14. The Morgan fingerprint density at radius 3 is 2.55 bits per heavy atom. The van der Waals surface area contributed by atoms with Crippen LogP contribution in [-0.4, -0.2) is 34.4 Å². The van der Waals surface area contributed by atoms with Crippen LogP contribution in [0.4, 0.5) is 10.5 Å². The van der Waals surface area contributed by atoms with Crippen molar-refractivity contribution in [3.63, 3.8) is 0 Å². The first-order valence-electron chi connectivity index (χ1n) is 6.56. The Labute approximate surface area is 119 Å². The van der Waals surface area contributed by atoms with Gasteiger partial charge in [-0.05, 0) is 39.8 Å². The van der Waals surface area contributed by atoms with Gasteiger partial charge in [-0.15, -0.1) is 0 Å². The number of amides is 1. The predicted molar refractivity (Wildman–Crippen MR) is 77.4 cm³/mol. The number of hydrogen-bond acceptors (Lipinski definition) is 5. The quantitative estimate of drug-likeness (QED) is 0.876. The summed E-state index contributed by atoms with van der Waals surface area (Å²) in [5, 5.41) is 9.54. The van der Waals surface area contributed by atoms with E-state index in [1.54, 1.807) is 46.0 Å². The van der Waals surface area contributed by atoms with E-state index in [1.165, 1.54) is 4.90 Å². The molecule has 1 rings (SSSR count). The minimum absolute atomic E-state index is 0.137. The normalized spacial score (nSPS) is 12.9. The number of nitrogens with zero attached hydrogens (tertiary/aromatic N) is 2. The number of rotatable bonds is 4. The van der Waals surface area contributed by atoms with Gasteiger partial charge in [-0.25, -0.2) is 4.79 Å². The molecule has 0 saturated heterocycles. The summed E-state index contributed by atoms with van der Waals surface area (Å²) in [6.07, 6.45) is 0.367. The first-order valence-corrected chi connectivity index (χ1v) is 6.56. The molecule has 0 aromatic carbocycles. The van der Waals surface area contributed by atoms with E-state index in [0.717, 1.165) is 5.69 Å². The zero-order valence-corrected chi connectivity index (χ0v) is 12.5. The first-order chi connectivity index (χ1) is 9.23. The van der Waals surface area contributed by atoms with E-state index >= 15 is 0 Å². The Balaban J connectivity index is 2.95. The van der Waals surface area contributed by atoms with Gasteiger partial charge in [0.1, 0.15) is 5.60 Å². The Morgan fingerprint density at radius 1 is 1.50 bits per heavy atom. The second kappa shape index (κ2) is 6.67. The molecule has 1 atom stereocenters. The molecule has 0 aliphatic carbocycles. The summed E-state index contributed by atoms with van der Waals surface area (Å²) < 4.78 is 5.34. The van der Waals surface area contributed by atoms with Crippen LogP contribution >= 0.6 is 0 Å². The number of hydrogen-bond donors (Lipinski definition) is 2. The molecule has 1 unspecified atom stereocenters. The fourth-order valence-corrected chi connectivity index (χ4v) is 1.56. The molecular formula is C14H23N3O3. The number of carbonyl (C=O) groups excluding carboxylic acids is 1. The third-order valence-electron chi connectivity index (χ3n) is 2.39. The molecule has 0 aliphatic rings. The summed E-state index contributed by atoms with van der Waals surface area (Å²) in [7, 11) is 0. The van der Waals surface area contributed by atoms with Crippen molar-refractivity contribution >= 4 is 11.8 Å². The lowest BCUT2D eigenvalue weighted by molar-refractivity contribution is 0.0560. The highest BCUT2D eigenvalue weighted by Gasteiger charge is 2.24. The van der Waals surface area contributed by atoms with E-state index < -0.39 is 17.8 Å². The fourth-order valence-electron chi connectivity index (χ4n) is 1.56. The Morgan fingerprint density at radius 2 is 2.15 bits per heavy atom. The molecule has 0 aliphatic heterocycles. The number of aliphatic hydroxyl groups excluding tert-OH is 1. The fraction of sp³-hybridized carbons (Fsp3) is 0.571. The number of carbonyl (C=O) groups is 1. The van der Waals surface area contributed by atoms with E-state index in [9.17, 15) is 9.90 Å². The second-order valence-corrected chi connectivity index (χ2v) is 5.65. The van der Waals surface area contributed by atoms with Crippen molar-refractivity contribution in [2.45, 2.75) is 45.9 Å². The van der Waals surface area contributed by atoms with Gasteiger partial charge in [-0.1, -0.05) is 0 Å². The number of ether oxygens (including phenoxy) is 1. The van der Waals surface area contributed by atoms with Crippen molar-refractivity contribution in [1.29, 1.82) is 0 Å². The molecule has 1 heterocycles. The molecule has 0 spiro atoms. The lowest BCUT2D eigenvalue weighted by Gasteiger charge is -2.28. The zero-order chi connectivity index (χ0) is 15.3. The first kappa shape index (κ1) is 16.4. The Bertz CT molecular complexity index is 438. The highest BCUT2D eigenvalue weighted by molar-refractivity contribution is 5.87. The van der Waals surface area contributed by atoms with Crippen LogP contribution in [0.3, 0.4) is 0 Å². The standard InChI is InChI=1S/C14H23N3O3/c1-10(18)9-17(13(19)20-14(2,3)4)12-6-5-11(7-15)16-8-12/h5-6,8,10,18H,7,9,15H2,1-4H3. The molecule has 0 saturated carbocycles. The van der Waals surface area contributed by atoms with Gasteiger partial charge >= 0.3 is 6.09 Å². The van der Waals surface area contributed by atoms with E-state index in [-0.39, 0.29) is 6.54 Å². The maximum Gasteiger partial charge on any atom is 0.414 e. The molecule has 6 heteroatoms. The zero-order valence-electron chi connectivity index (χ0n) is 12.5. The van der Waals surface area contributed by atoms with E-state index in [0.29, 0.717) is 12.2 Å². The lowest BCUT2D eigenvalue weighted by Crippen LogP contribution is -2.40. The molecular weight excluding hydrogens is 258 g/mol. The SMILES string of the molecule is CC(O)CN(C(=O)OC(C)(C)C)c1ccc(CN)nc1. The number of aliphatic hydroxyl groups is 1. The van der Waals surface area contributed by atoms with Crippen LogP contribution in [-0.2, 0) is 11.3 Å². The molecule has 6 nitrogen and oxygen atoms in total. The van der Waals surface area contributed by atoms with Crippen molar-refractivity contribution in [3.05, 3.63) is 24.0 Å². The number of pyridine rings is 1. The third-order valence-corrected chi connectivity index (χ3v) is 2.39. The van der Waals surface area contributed by atoms with Gasteiger partial charge in [0.05, 0.1) is 30.2 Å². The van der Waals surface area contributed by atoms with Crippen molar-refractivity contribution in [1.82, 2.24) is 4.98 Å². The average Bonchev–Trinajstić information content (AvgIpc) is 2.34. The van der Waals surface area contributed by atoms with Gasteiger partial charge in [0, 0.05) is 6.54 Å². The molecule has 112 valence electrons. The Hall–Kier alpha value is -1.66. The molecule has 20 heavy (non-hydrogen) atoms. The van der Waals surface area contributed by atoms with Crippen LogP contribution in [0.1, 0.15) is 33.4 Å². The van der Waals surface area contributed by atoms with Crippen LogP contribution in [0.15, 0.2) is 18.3 Å². The summed E-state index contributed by atoms with van der Waals surface area (Å²) in [4.78, 5) is 17.7. The van der Waals surface area contributed by atoms with Crippen molar-refractivity contribution in [2.75, 3.05) is 11.4 Å².